The average molecular weight is 212 g/mol. The summed E-state index contributed by atoms with van der Waals surface area (Å²) in [5.41, 5.74) is -0.828. The van der Waals surface area contributed by atoms with Gasteiger partial charge in [-0.25, -0.2) is 4.39 Å². The molecule has 0 saturated heterocycles. The van der Waals surface area contributed by atoms with Crippen LogP contribution in [0.15, 0.2) is 18.2 Å². The summed E-state index contributed by atoms with van der Waals surface area (Å²) in [6, 6.07) is 3.40. The molecule has 0 radical (unpaired) electrons. The lowest BCUT2D eigenvalue weighted by molar-refractivity contribution is -0.384. The molecule has 0 unspecified atom stereocenters. The molecule has 5 nitrogen and oxygen atoms in total. The van der Waals surface area contributed by atoms with Crippen molar-refractivity contribution in [1.82, 2.24) is 0 Å². The Kier molecular flexibility index (Phi) is 3.33. The topological polar surface area (TPSA) is 72.2 Å². The molecule has 80 valence electrons. The van der Waals surface area contributed by atoms with Crippen molar-refractivity contribution in [2.24, 2.45) is 0 Å². The van der Waals surface area contributed by atoms with Gasteiger partial charge in [-0.15, -0.1) is 0 Å². The molecule has 1 aromatic rings. The Morgan fingerprint density at radius 3 is 2.80 bits per heavy atom. The Morgan fingerprint density at radius 2 is 2.27 bits per heavy atom. The zero-order valence-corrected chi connectivity index (χ0v) is 7.99. The molecule has 0 atom stereocenters. The highest BCUT2D eigenvalue weighted by Gasteiger charge is 2.18. The number of nitrogens with zero attached hydrogens (tertiary/aromatic N) is 1. The van der Waals surface area contributed by atoms with E-state index in [0.29, 0.717) is 0 Å². The van der Waals surface area contributed by atoms with Gasteiger partial charge in [0, 0.05) is 12.5 Å². The van der Waals surface area contributed by atoms with Gasteiger partial charge < -0.3 is 5.32 Å². The van der Waals surface area contributed by atoms with Gasteiger partial charge in [0.25, 0.3) is 5.69 Å². The smallest absolute Gasteiger partial charge is 0.295 e. The van der Waals surface area contributed by atoms with Crippen LogP contribution in [0.2, 0.25) is 0 Å². The van der Waals surface area contributed by atoms with Gasteiger partial charge in [-0.1, -0.05) is 13.0 Å². The van der Waals surface area contributed by atoms with E-state index in [1.807, 2.05) is 0 Å². The van der Waals surface area contributed by atoms with Crippen LogP contribution >= 0.6 is 0 Å². The first-order valence-corrected chi connectivity index (χ1v) is 4.29. The van der Waals surface area contributed by atoms with Gasteiger partial charge in [-0.05, 0) is 6.07 Å². The van der Waals surface area contributed by atoms with E-state index in [-0.39, 0.29) is 12.1 Å². The van der Waals surface area contributed by atoms with Crippen molar-refractivity contribution in [1.29, 1.82) is 0 Å². The fourth-order valence-corrected chi connectivity index (χ4v) is 1.02. The molecule has 0 aliphatic carbocycles. The molecule has 0 bridgehead atoms. The van der Waals surface area contributed by atoms with E-state index < -0.39 is 22.3 Å². The van der Waals surface area contributed by atoms with E-state index in [9.17, 15) is 19.3 Å². The first kappa shape index (κ1) is 11.1. The first-order valence-electron chi connectivity index (χ1n) is 4.29. The van der Waals surface area contributed by atoms with Crippen LogP contribution in [0.1, 0.15) is 13.3 Å². The number of amides is 1. The third kappa shape index (κ3) is 2.49. The van der Waals surface area contributed by atoms with Crippen molar-refractivity contribution in [2.75, 3.05) is 5.32 Å². The highest BCUT2D eigenvalue weighted by molar-refractivity contribution is 5.92. The number of carbonyl (C=O) groups is 1. The summed E-state index contributed by atoms with van der Waals surface area (Å²) < 4.78 is 13.2. The number of halogens is 1. The van der Waals surface area contributed by atoms with E-state index in [4.69, 9.17) is 0 Å². The predicted octanol–water partition coefficient (Wildman–Crippen LogP) is 2.08. The number of benzene rings is 1. The van der Waals surface area contributed by atoms with Crippen LogP contribution in [-0.2, 0) is 4.79 Å². The summed E-state index contributed by atoms with van der Waals surface area (Å²) in [6.45, 7) is 1.57. The summed E-state index contributed by atoms with van der Waals surface area (Å²) >= 11 is 0. The maximum absolute atomic E-state index is 13.2. The molecular weight excluding hydrogens is 203 g/mol. The molecule has 1 N–H and O–H groups in total. The van der Waals surface area contributed by atoms with Crippen LogP contribution in [0.4, 0.5) is 15.8 Å². The number of hydrogen-bond acceptors (Lipinski definition) is 3. The zero-order valence-electron chi connectivity index (χ0n) is 7.99. The number of carbonyl (C=O) groups excluding carboxylic acids is 1. The highest BCUT2D eigenvalue weighted by atomic mass is 19.1. The predicted molar refractivity (Wildman–Crippen MR) is 52.0 cm³/mol. The zero-order chi connectivity index (χ0) is 11.4. The van der Waals surface area contributed by atoms with Crippen molar-refractivity contribution >= 4 is 17.3 Å². The molecule has 1 rings (SSSR count). The number of nitro groups is 1. The Hall–Kier alpha value is -1.98. The van der Waals surface area contributed by atoms with Crippen LogP contribution in [0.3, 0.4) is 0 Å². The quantitative estimate of drug-likeness (QED) is 0.615. The lowest BCUT2D eigenvalue weighted by Gasteiger charge is -2.05. The normalized spacial score (nSPS) is 9.73. The van der Waals surface area contributed by atoms with Crippen LogP contribution in [-0.4, -0.2) is 10.8 Å². The standard InChI is InChI=1S/C9H9FN2O3/c1-2-8(13)11-9-6(10)4-3-5-7(9)12(14)15/h3-5H,2H2,1H3,(H,11,13). The Bertz CT molecular complexity index is 406. The molecule has 6 heteroatoms. The lowest BCUT2D eigenvalue weighted by Crippen LogP contribution is -2.12. The molecule has 0 aliphatic rings. The molecule has 0 aromatic heterocycles. The number of para-hydroxylation sites is 1. The van der Waals surface area contributed by atoms with Crippen molar-refractivity contribution in [3.8, 4) is 0 Å². The summed E-state index contributed by atoms with van der Waals surface area (Å²) in [5.74, 6) is -1.28. The van der Waals surface area contributed by atoms with Crippen LogP contribution < -0.4 is 5.32 Å². The van der Waals surface area contributed by atoms with Gasteiger partial charge >= 0.3 is 0 Å². The van der Waals surface area contributed by atoms with Crippen molar-refractivity contribution in [3.63, 3.8) is 0 Å². The molecule has 1 amide bonds. The summed E-state index contributed by atoms with van der Waals surface area (Å²) in [7, 11) is 0. The van der Waals surface area contributed by atoms with Crippen LogP contribution in [0.5, 0.6) is 0 Å². The number of hydrogen-bond donors (Lipinski definition) is 1. The molecule has 0 heterocycles. The SMILES string of the molecule is CCC(=O)Nc1c(F)cccc1[N+](=O)[O-]. The number of nitro benzene ring substituents is 1. The van der Waals surface area contributed by atoms with E-state index in [2.05, 4.69) is 5.32 Å². The minimum Gasteiger partial charge on any atom is -0.318 e. The molecular formula is C9H9FN2O3. The summed E-state index contributed by atoms with van der Waals surface area (Å²) in [5, 5.41) is 12.7. The first-order chi connectivity index (χ1) is 7.06. The van der Waals surface area contributed by atoms with Gasteiger partial charge in [-0.2, -0.15) is 0 Å². The van der Waals surface area contributed by atoms with Gasteiger partial charge in [0.2, 0.25) is 5.91 Å². The van der Waals surface area contributed by atoms with Gasteiger partial charge in [0.1, 0.15) is 0 Å². The van der Waals surface area contributed by atoms with Gasteiger partial charge in [0.05, 0.1) is 4.92 Å². The van der Waals surface area contributed by atoms with Crippen molar-refractivity contribution < 1.29 is 14.1 Å². The van der Waals surface area contributed by atoms with E-state index in [0.717, 1.165) is 12.1 Å². The highest BCUT2D eigenvalue weighted by Crippen LogP contribution is 2.26. The Balaban J connectivity index is 3.13. The number of rotatable bonds is 3. The fourth-order valence-electron chi connectivity index (χ4n) is 1.02. The summed E-state index contributed by atoms with van der Waals surface area (Å²) in [6.07, 6.45) is 0.130. The third-order valence-electron chi connectivity index (χ3n) is 1.77. The Morgan fingerprint density at radius 1 is 1.60 bits per heavy atom. The maximum atomic E-state index is 13.2. The van der Waals surface area contributed by atoms with E-state index in [1.165, 1.54) is 6.07 Å². The molecule has 0 saturated carbocycles. The van der Waals surface area contributed by atoms with Gasteiger partial charge in [-0.3, -0.25) is 14.9 Å². The number of anilines is 1. The summed E-state index contributed by atoms with van der Waals surface area (Å²) in [4.78, 5) is 20.8. The minimum atomic E-state index is -0.814. The molecule has 15 heavy (non-hydrogen) atoms. The minimum absolute atomic E-state index is 0.130. The van der Waals surface area contributed by atoms with E-state index in [1.54, 1.807) is 6.92 Å². The van der Waals surface area contributed by atoms with Gasteiger partial charge in [0.15, 0.2) is 11.5 Å². The Labute approximate surface area is 85.1 Å². The average Bonchev–Trinajstić information content (AvgIpc) is 2.20. The molecule has 0 aliphatic heterocycles. The second kappa shape index (κ2) is 4.50. The second-order valence-electron chi connectivity index (χ2n) is 2.79. The molecule has 0 fully saturated rings. The van der Waals surface area contributed by atoms with E-state index >= 15 is 0 Å². The van der Waals surface area contributed by atoms with Crippen LogP contribution in [0.25, 0.3) is 0 Å². The largest absolute Gasteiger partial charge is 0.318 e. The fraction of sp³-hybridized carbons (Fsp3) is 0.222. The lowest BCUT2D eigenvalue weighted by atomic mass is 10.2. The third-order valence-corrected chi connectivity index (χ3v) is 1.77. The molecule has 1 aromatic carbocycles. The van der Waals surface area contributed by atoms with Crippen molar-refractivity contribution in [3.05, 3.63) is 34.1 Å². The van der Waals surface area contributed by atoms with Crippen molar-refractivity contribution in [2.45, 2.75) is 13.3 Å². The molecule has 0 spiro atoms. The monoisotopic (exact) mass is 212 g/mol. The second-order valence-corrected chi connectivity index (χ2v) is 2.79. The van der Waals surface area contributed by atoms with Crippen LogP contribution in [0, 0.1) is 15.9 Å². The number of nitrogens with one attached hydrogen (secondary N) is 1. The maximum Gasteiger partial charge on any atom is 0.295 e.